The Kier molecular flexibility index (Phi) is 8.08. The van der Waals surface area contributed by atoms with Crippen LogP contribution in [-0.2, 0) is 25.7 Å². The largest absolute Gasteiger partial charge is 0.0584 e. The molecule has 0 N–H and O–H groups in total. The summed E-state index contributed by atoms with van der Waals surface area (Å²) < 4.78 is 0. The minimum absolute atomic E-state index is 1.11. The van der Waals surface area contributed by atoms with E-state index in [1.54, 1.807) is 0 Å². The molecule has 0 unspecified atom stereocenters. The fraction of sp³-hybridized carbons (Fsp3) is 0.263. The third kappa shape index (κ3) is 6.08. The Balaban J connectivity index is 1.43. The molecular weight excluding hydrogens is 456 g/mol. The van der Waals surface area contributed by atoms with E-state index in [0.29, 0.717) is 0 Å². The molecule has 38 heavy (non-hydrogen) atoms. The van der Waals surface area contributed by atoms with Gasteiger partial charge in [0.15, 0.2) is 0 Å². The van der Waals surface area contributed by atoms with Crippen LogP contribution >= 0.6 is 0 Å². The molecule has 0 aliphatic heterocycles. The van der Waals surface area contributed by atoms with Crippen molar-refractivity contribution >= 4 is 22.3 Å². The zero-order valence-corrected chi connectivity index (χ0v) is 23.5. The number of hydrogen-bond donors (Lipinski definition) is 0. The summed E-state index contributed by atoms with van der Waals surface area (Å²) in [6.45, 7) is 9.00. The van der Waals surface area contributed by atoms with Gasteiger partial charge in [0, 0.05) is 0 Å². The molecule has 4 aromatic rings. The van der Waals surface area contributed by atoms with Crippen LogP contribution < -0.4 is 0 Å². The fourth-order valence-electron chi connectivity index (χ4n) is 5.54. The quantitative estimate of drug-likeness (QED) is 0.227. The number of hydrogen-bond acceptors (Lipinski definition) is 0. The molecular formula is C38H40. The predicted octanol–water partition coefficient (Wildman–Crippen LogP) is 10.3. The van der Waals surface area contributed by atoms with E-state index in [-0.39, 0.29) is 0 Å². The maximum Gasteiger partial charge on any atom is -0.0224 e. The second kappa shape index (κ2) is 11.8. The van der Waals surface area contributed by atoms with Gasteiger partial charge in [0.1, 0.15) is 0 Å². The van der Waals surface area contributed by atoms with Crippen LogP contribution in [0.1, 0.15) is 85.0 Å². The Hall–Kier alpha value is -3.64. The fourth-order valence-corrected chi connectivity index (χ4v) is 5.54. The molecule has 0 fully saturated rings. The molecule has 0 aromatic heterocycles. The second-order valence-corrected chi connectivity index (χ2v) is 11.0. The zero-order chi connectivity index (χ0) is 26.5. The molecule has 0 atom stereocenters. The Morgan fingerprint density at radius 1 is 0.289 bits per heavy atom. The van der Waals surface area contributed by atoms with Gasteiger partial charge in [0.2, 0.25) is 0 Å². The third-order valence-electron chi connectivity index (χ3n) is 8.53. The molecule has 11 rings (SSSR count). The summed E-state index contributed by atoms with van der Waals surface area (Å²) in [6.07, 6.45) is 6.77. The van der Waals surface area contributed by atoms with Crippen molar-refractivity contribution in [1.82, 2.24) is 0 Å². The van der Waals surface area contributed by atoms with Crippen LogP contribution in [-0.4, -0.2) is 0 Å². The van der Waals surface area contributed by atoms with Gasteiger partial charge in [-0.15, -0.1) is 0 Å². The highest BCUT2D eigenvalue weighted by Crippen LogP contribution is 2.28. The van der Waals surface area contributed by atoms with Crippen LogP contribution in [0.25, 0.3) is 22.3 Å². The van der Waals surface area contributed by atoms with Crippen molar-refractivity contribution in [2.75, 3.05) is 0 Å². The first-order chi connectivity index (χ1) is 18.5. The van der Waals surface area contributed by atoms with Gasteiger partial charge in [0.05, 0.1) is 0 Å². The summed E-state index contributed by atoms with van der Waals surface area (Å²) in [5.74, 6) is 0. The first-order valence-corrected chi connectivity index (χ1v) is 14.2. The summed E-state index contributed by atoms with van der Waals surface area (Å²) in [4.78, 5) is 0. The molecule has 192 valence electrons. The van der Waals surface area contributed by atoms with Gasteiger partial charge in [-0.2, -0.15) is 0 Å². The van der Waals surface area contributed by atoms with Gasteiger partial charge in [-0.3, -0.25) is 0 Å². The van der Waals surface area contributed by atoms with E-state index in [4.69, 9.17) is 0 Å². The summed E-state index contributed by atoms with van der Waals surface area (Å²) in [6, 6.07) is 36.9. The number of allylic oxidation sites excluding steroid dienone is 4. The molecule has 7 aliphatic carbocycles. The Morgan fingerprint density at radius 2 is 0.474 bits per heavy atom. The van der Waals surface area contributed by atoms with E-state index in [0.717, 1.165) is 25.7 Å². The van der Waals surface area contributed by atoms with Gasteiger partial charge >= 0.3 is 0 Å². The molecule has 0 heteroatoms. The standard InChI is InChI=1S/C38H40/c1-27-28(2)36-21-13-32(14-22-36)8-6-10-34-17-25-38(26-18-34)30(4)29(3)37-23-15-33(16-24-37)9-5-7-31-11-19-35(27)20-12-31/h11-26H,5-10H2,1-4H3/b28-27-,30-29-. The van der Waals surface area contributed by atoms with Crippen molar-refractivity contribution in [3.05, 3.63) is 142 Å². The first kappa shape index (κ1) is 26.0. The van der Waals surface area contributed by atoms with Crippen LogP contribution in [0.3, 0.4) is 0 Å². The highest BCUT2D eigenvalue weighted by Gasteiger charge is 2.07. The van der Waals surface area contributed by atoms with E-state index in [2.05, 4.69) is 125 Å². The highest BCUT2D eigenvalue weighted by molar-refractivity contribution is 5.89. The average molecular weight is 497 g/mol. The number of benzene rings is 4. The van der Waals surface area contributed by atoms with Crippen molar-refractivity contribution in [2.45, 2.75) is 66.2 Å². The van der Waals surface area contributed by atoms with Crippen LogP contribution in [0.15, 0.2) is 97.1 Å². The van der Waals surface area contributed by atoms with E-state index in [9.17, 15) is 0 Å². The zero-order valence-electron chi connectivity index (χ0n) is 23.5. The van der Waals surface area contributed by atoms with E-state index >= 15 is 0 Å². The first-order valence-electron chi connectivity index (χ1n) is 14.2. The highest BCUT2D eigenvalue weighted by atomic mass is 14.1. The third-order valence-corrected chi connectivity index (χ3v) is 8.53. The lowest BCUT2D eigenvalue weighted by molar-refractivity contribution is 0.820. The molecule has 0 nitrogen and oxygen atoms in total. The van der Waals surface area contributed by atoms with E-state index in [1.165, 1.54) is 79.6 Å². The molecule has 7 aliphatic rings. The lowest BCUT2D eigenvalue weighted by atomic mass is 9.93. The minimum Gasteiger partial charge on any atom is -0.0584 e. The van der Waals surface area contributed by atoms with Gasteiger partial charge in [-0.05, 0) is 133 Å². The van der Waals surface area contributed by atoms with Crippen LogP contribution in [0.2, 0.25) is 0 Å². The normalized spacial score (nSPS) is 18.8. The second-order valence-electron chi connectivity index (χ2n) is 11.0. The molecule has 8 bridgehead atoms. The summed E-state index contributed by atoms with van der Waals surface area (Å²) in [5, 5.41) is 0. The van der Waals surface area contributed by atoms with Gasteiger partial charge < -0.3 is 0 Å². The van der Waals surface area contributed by atoms with Crippen LogP contribution in [0.5, 0.6) is 0 Å². The van der Waals surface area contributed by atoms with Crippen molar-refractivity contribution in [2.24, 2.45) is 0 Å². The topological polar surface area (TPSA) is 0 Å². The van der Waals surface area contributed by atoms with E-state index in [1.807, 2.05) is 0 Å². The summed E-state index contributed by atoms with van der Waals surface area (Å²) in [7, 11) is 0. The smallest absolute Gasteiger partial charge is 0.0224 e. The Labute approximate surface area is 229 Å². The summed E-state index contributed by atoms with van der Waals surface area (Å²) >= 11 is 0. The lowest BCUT2D eigenvalue weighted by Crippen LogP contribution is -1.94. The molecule has 0 saturated carbocycles. The van der Waals surface area contributed by atoms with Crippen molar-refractivity contribution < 1.29 is 0 Å². The van der Waals surface area contributed by atoms with Crippen molar-refractivity contribution in [3.63, 3.8) is 0 Å². The monoisotopic (exact) mass is 496 g/mol. The molecule has 0 saturated heterocycles. The molecule has 0 heterocycles. The van der Waals surface area contributed by atoms with Crippen LogP contribution in [0, 0.1) is 0 Å². The number of aryl methyl sites for hydroxylation is 4. The maximum absolute atomic E-state index is 2.31. The number of rotatable bonds is 0. The molecule has 4 aromatic carbocycles. The van der Waals surface area contributed by atoms with Crippen molar-refractivity contribution in [1.29, 1.82) is 0 Å². The average Bonchev–Trinajstić information content (AvgIpc) is 2.97. The summed E-state index contributed by atoms with van der Waals surface area (Å²) in [5.41, 5.74) is 16.4. The lowest BCUT2D eigenvalue weighted by Gasteiger charge is -2.12. The Bertz CT molecular complexity index is 1200. The molecule has 0 amide bonds. The van der Waals surface area contributed by atoms with Gasteiger partial charge in [-0.25, -0.2) is 0 Å². The van der Waals surface area contributed by atoms with E-state index < -0.39 is 0 Å². The SMILES string of the molecule is C/C1=C(\C)c2ccc(cc2)CCCc2ccc(cc2)/C(C)=C(/C)c2ccc(cc2)CCCc2ccc1cc2. The van der Waals surface area contributed by atoms with Crippen LogP contribution in [0.4, 0.5) is 0 Å². The van der Waals surface area contributed by atoms with Crippen molar-refractivity contribution in [3.8, 4) is 0 Å². The van der Waals surface area contributed by atoms with Gasteiger partial charge in [-0.1, -0.05) is 97.1 Å². The van der Waals surface area contributed by atoms with Gasteiger partial charge in [0.25, 0.3) is 0 Å². The Morgan fingerprint density at radius 3 is 0.658 bits per heavy atom. The maximum atomic E-state index is 2.31. The predicted molar refractivity (Wildman–Crippen MR) is 166 cm³/mol. The minimum atomic E-state index is 1.11. The molecule has 0 spiro atoms. The molecule has 0 radical (unpaired) electrons.